The summed E-state index contributed by atoms with van der Waals surface area (Å²) in [5, 5.41) is 10.5. The van der Waals surface area contributed by atoms with E-state index in [1.54, 1.807) is 6.20 Å². The molecular formula is C38H52N4O4. The number of benzene rings is 1. The van der Waals surface area contributed by atoms with Crippen LogP contribution in [0.4, 0.5) is 5.69 Å². The molecule has 2 aliphatic rings. The van der Waals surface area contributed by atoms with Crippen molar-refractivity contribution in [3.63, 3.8) is 0 Å². The number of aromatic nitrogens is 2. The SMILES string of the molecule is Cc1nc(C)c(C(OC(C)(C)C)C(=O)O)c(N2CCC(C)(C)CC2)c1-c1ccc2c(c1)CCN(Cc1cccnc1OC(C)C)C2. The summed E-state index contributed by atoms with van der Waals surface area (Å²) < 4.78 is 12.3. The molecule has 3 aromatic rings. The van der Waals surface area contributed by atoms with Crippen LogP contribution in [0, 0.1) is 19.3 Å². The average Bonchev–Trinajstić information content (AvgIpc) is 2.96. The molecule has 8 heteroatoms. The molecule has 8 nitrogen and oxygen atoms in total. The molecule has 0 spiro atoms. The van der Waals surface area contributed by atoms with E-state index in [1.807, 2.05) is 47.6 Å². The van der Waals surface area contributed by atoms with Crippen molar-refractivity contribution >= 4 is 11.7 Å². The molecule has 1 fully saturated rings. The highest BCUT2D eigenvalue weighted by Crippen LogP contribution is 2.45. The van der Waals surface area contributed by atoms with Gasteiger partial charge in [-0.25, -0.2) is 9.78 Å². The van der Waals surface area contributed by atoms with E-state index in [2.05, 4.69) is 59.8 Å². The van der Waals surface area contributed by atoms with Gasteiger partial charge in [0.25, 0.3) is 0 Å². The van der Waals surface area contributed by atoms with E-state index >= 15 is 0 Å². The third-order valence-electron chi connectivity index (χ3n) is 9.15. The number of ether oxygens (including phenoxy) is 2. The van der Waals surface area contributed by atoms with E-state index in [0.717, 1.165) is 80.1 Å². The van der Waals surface area contributed by atoms with Crippen LogP contribution in [0.5, 0.6) is 5.88 Å². The second-order valence-electron chi connectivity index (χ2n) is 15.1. The van der Waals surface area contributed by atoms with Gasteiger partial charge < -0.3 is 19.5 Å². The maximum absolute atomic E-state index is 12.8. The maximum atomic E-state index is 12.8. The van der Waals surface area contributed by atoms with Crippen LogP contribution >= 0.6 is 0 Å². The second-order valence-corrected chi connectivity index (χ2v) is 15.1. The lowest BCUT2D eigenvalue weighted by Gasteiger charge is -2.41. The maximum Gasteiger partial charge on any atom is 0.337 e. The molecule has 1 atom stereocenters. The van der Waals surface area contributed by atoms with Gasteiger partial charge >= 0.3 is 5.97 Å². The number of pyridine rings is 2. The number of piperidine rings is 1. The number of carboxylic acid groups (broad SMARTS) is 1. The van der Waals surface area contributed by atoms with Crippen LogP contribution in [0.15, 0.2) is 36.5 Å². The quantitative estimate of drug-likeness (QED) is 0.258. The third-order valence-corrected chi connectivity index (χ3v) is 9.15. The fourth-order valence-corrected chi connectivity index (χ4v) is 6.77. The van der Waals surface area contributed by atoms with Crippen molar-refractivity contribution < 1.29 is 19.4 Å². The minimum absolute atomic E-state index is 0.0708. The van der Waals surface area contributed by atoms with E-state index in [0.29, 0.717) is 17.1 Å². The summed E-state index contributed by atoms with van der Waals surface area (Å²) in [6.45, 7) is 22.6. The lowest BCUT2D eigenvalue weighted by molar-refractivity contribution is -0.160. The minimum Gasteiger partial charge on any atom is -0.479 e. The number of aliphatic carboxylic acids is 1. The number of nitrogens with zero attached hydrogens (tertiary/aromatic N) is 4. The number of carboxylic acids is 1. The fourth-order valence-electron chi connectivity index (χ4n) is 6.77. The molecule has 0 radical (unpaired) electrons. The van der Waals surface area contributed by atoms with Crippen molar-refractivity contribution in [2.45, 2.75) is 112 Å². The number of carbonyl (C=O) groups is 1. The zero-order chi connectivity index (χ0) is 33.4. The predicted molar refractivity (Wildman–Crippen MR) is 183 cm³/mol. The smallest absolute Gasteiger partial charge is 0.337 e. The van der Waals surface area contributed by atoms with E-state index in [4.69, 9.17) is 14.5 Å². The normalized spacial score (nSPS) is 17.6. The van der Waals surface area contributed by atoms with Crippen LogP contribution in [0.1, 0.15) is 101 Å². The van der Waals surface area contributed by atoms with E-state index in [1.165, 1.54) is 11.1 Å². The largest absolute Gasteiger partial charge is 0.479 e. The highest BCUT2D eigenvalue weighted by molar-refractivity contribution is 5.88. The molecule has 1 N–H and O–H groups in total. The van der Waals surface area contributed by atoms with Gasteiger partial charge in [0.1, 0.15) is 0 Å². The highest BCUT2D eigenvalue weighted by atomic mass is 16.5. The van der Waals surface area contributed by atoms with E-state index in [-0.39, 0.29) is 11.5 Å². The topological polar surface area (TPSA) is 88.0 Å². The zero-order valence-electron chi connectivity index (χ0n) is 29.2. The van der Waals surface area contributed by atoms with Gasteiger partial charge in [-0.2, -0.15) is 0 Å². The Morgan fingerprint density at radius 1 is 1.04 bits per heavy atom. The first-order chi connectivity index (χ1) is 21.6. The Morgan fingerprint density at radius 3 is 2.41 bits per heavy atom. The van der Waals surface area contributed by atoms with Crippen molar-refractivity contribution in [3.05, 3.63) is 70.2 Å². The van der Waals surface area contributed by atoms with Crippen molar-refractivity contribution in [3.8, 4) is 17.0 Å². The summed E-state index contributed by atoms with van der Waals surface area (Å²) in [6, 6.07) is 10.8. The molecule has 4 heterocycles. The van der Waals surface area contributed by atoms with Crippen LogP contribution in [-0.4, -0.2) is 57.3 Å². The molecule has 0 saturated carbocycles. The number of rotatable bonds is 9. The van der Waals surface area contributed by atoms with Crippen molar-refractivity contribution in [2.75, 3.05) is 24.5 Å². The van der Waals surface area contributed by atoms with Gasteiger partial charge in [-0.3, -0.25) is 9.88 Å². The van der Waals surface area contributed by atoms with Crippen LogP contribution < -0.4 is 9.64 Å². The van der Waals surface area contributed by atoms with Crippen molar-refractivity contribution in [2.24, 2.45) is 5.41 Å². The van der Waals surface area contributed by atoms with Gasteiger partial charge in [0.2, 0.25) is 5.88 Å². The van der Waals surface area contributed by atoms with Crippen LogP contribution in [-0.2, 0) is 29.0 Å². The Balaban J connectivity index is 1.54. The standard InChI is InChI=1S/C38H52N4O4/c1-24(2)45-35-30(11-10-17-39-35)23-41-18-14-27-21-28(12-13-29(27)22-41)31-25(3)40-26(4)32(34(36(43)44)46-37(5,6)7)33(31)42-19-15-38(8,9)16-20-42/h10-13,17,21,24,34H,14-16,18-20,22-23H2,1-9H3,(H,43,44). The highest BCUT2D eigenvalue weighted by Gasteiger charge is 2.36. The van der Waals surface area contributed by atoms with E-state index < -0.39 is 17.7 Å². The Kier molecular flexibility index (Phi) is 9.81. The molecule has 46 heavy (non-hydrogen) atoms. The first kappa shape index (κ1) is 33.9. The van der Waals surface area contributed by atoms with Crippen LogP contribution in [0.25, 0.3) is 11.1 Å². The minimum atomic E-state index is -1.12. The molecule has 0 amide bonds. The lowest BCUT2D eigenvalue weighted by Crippen LogP contribution is -2.39. The van der Waals surface area contributed by atoms with E-state index in [9.17, 15) is 9.90 Å². The molecule has 0 bridgehead atoms. The Morgan fingerprint density at radius 2 is 1.76 bits per heavy atom. The molecule has 2 aromatic heterocycles. The first-order valence-electron chi connectivity index (χ1n) is 16.7. The fraction of sp³-hybridized carbons (Fsp3) is 0.553. The Labute approximate surface area is 275 Å². The Bertz CT molecular complexity index is 1570. The van der Waals surface area contributed by atoms with Crippen LogP contribution in [0.2, 0.25) is 0 Å². The lowest BCUT2D eigenvalue weighted by atomic mass is 9.81. The average molecular weight is 629 g/mol. The van der Waals surface area contributed by atoms with Gasteiger partial charge in [-0.1, -0.05) is 38.1 Å². The summed E-state index contributed by atoms with van der Waals surface area (Å²) in [7, 11) is 0. The third kappa shape index (κ3) is 7.72. The number of fused-ring (bicyclic) bond motifs is 1. The predicted octanol–water partition coefficient (Wildman–Crippen LogP) is 7.67. The molecular weight excluding hydrogens is 576 g/mol. The summed E-state index contributed by atoms with van der Waals surface area (Å²) in [6.07, 6.45) is 3.72. The summed E-state index contributed by atoms with van der Waals surface area (Å²) >= 11 is 0. The molecule has 5 rings (SSSR count). The van der Waals surface area contributed by atoms with Crippen molar-refractivity contribution in [1.82, 2.24) is 14.9 Å². The molecule has 1 unspecified atom stereocenters. The van der Waals surface area contributed by atoms with Gasteiger partial charge in [0, 0.05) is 67.0 Å². The molecule has 2 aliphatic heterocycles. The monoisotopic (exact) mass is 628 g/mol. The number of aryl methyl sites for hydroxylation is 2. The summed E-state index contributed by atoms with van der Waals surface area (Å²) in [5.74, 6) is -0.283. The summed E-state index contributed by atoms with van der Waals surface area (Å²) in [5.41, 5.74) is 8.69. The summed E-state index contributed by atoms with van der Waals surface area (Å²) in [4.78, 5) is 27.1. The Hall–Kier alpha value is -3.49. The van der Waals surface area contributed by atoms with Gasteiger partial charge in [0.05, 0.1) is 17.4 Å². The van der Waals surface area contributed by atoms with Crippen LogP contribution in [0.3, 0.4) is 0 Å². The van der Waals surface area contributed by atoms with Gasteiger partial charge in [-0.15, -0.1) is 0 Å². The molecule has 1 aromatic carbocycles. The van der Waals surface area contributed by atoms with Crippen molar-refractivity contribution in [1.29, 1.82) is 0 Å². The van der Waals surface area contributed by atoms with Gasteiger partial charge in [0.15, 0.2) is 6.10 Å². The number of anilines is 1. The zero-order valence-corrected chi connectivity index (χ0v) is 29.2. The number of hydrogen-bond donors (Lipinski definition) is 1. The first-order valence-corrected chi connectivity index (χ1v) is 16.7. The second kappa shape index (κ2) is 13.3. The van der Waals surface area contributed by atoms with Gasteiger partial charge in [-0.05, 0) is 95.9 Å². The number of hydrogen-bond acceptors (Lipinski definition) is 7. The molecule has 1 saturated heterocycles. The molecule has 0 aliphatic carbocycles. The molecule has 248 valence electrons.